The van der Waals surface area contributed by atoms with Gasteiger partial charge in [-0.2, -0.15) is 0 Å². The molecule has 0 aromatic carbocycles. The van der Waals surface area contributed by atoms with Crippen LogP contribution in [0.15, 0.2) is 23.9 Å². The van der Waals surface area contributed by atoms with Crippen molar-refractivity contribution in [3.8, 4) is 0 Å². The van der Waals surface area contributed by atoms with Gasteiger partial charge in [-0.15, -0.1) is 0 Å². The molecule has 0 amide bonds. The maximum atomic E-state index is 4.15. The highest BCUT2D eigenvalue weighted by molar-refractivity contribution is 5.26. The molecule has 2 aliphatic rings. The van der Waals surface area contributed by atoms with Crippen molar-refractivity contribution >= 4 is 0 Å². The minimum Gasteiger partial charge on any atom is -0.375 e. The van der Waals surface area contributed by atoms with Gasteiger partial charge < -0.3 is 4.90 Å². The monoisotopic (exact) mass is 205 g/mol. The number of hydrogen-bond donors (Lipinski definition) is 0. The van der Waals surface area contributed by atoms with Crippen molar-refractivity contribution in [1.29, 1.82) is 0 Å². The molecular formula is C14H23N. The first-order chi connectivity index (χ1) is 7.07. The number of rotatable bonds is 1. The van der Waals surface area contributed by atoms with Crippen molar-refractivity contribution < 1.29 is 0 Å². The summed E-state index contributed by atoms with van der Waals surface area (Å²) in [5.41, 5.74) is 3.27. The number of allylic oxidation sites excluding steroid dienone is 3. The Balaban J connectivity index is 2.10. The SMILES string of the molecule is C=C1C=C(N2CCCCC2)CC(C)(C)C1. The highest BCUT2D eigenvalue weighted by Gasteiger charge is 2.27. The van der Waals surface area contributed by atoms with E-state index in [-0.39, 0.29) is 0 Å². The van der Waals surface area contributed by atoms with Crippen LogP contribution < -0.4 is 0 Å². The van der Waals surface area contributed by atoms with E-state index in [1.807, 2.05) is 0 Å². The molecule has 0 N–H and O–H groups in total. The highest BCUT2D eigenvalue weighted by atomic mass is 15.1. The molecule has 1 nitrogen and oxygen atoms in total. The Morgan fingerprint density at radius 3 is 2.40 bits per heavy atom. The van der Waals surface area contributed by atoms with E-state index in [4.69, 9.17) is 0 Å². The fourth-order valence-corrected chi connectivity index (χ4v) is 2.89. The van der Waals surface area contributed by atoms with Crippen LogP contribution in [0.4, 0.5) is 0 Å². The van der Waals surface area contributed by atoms with Crippen molar-refractivity contribution in [1.82, 2.24) is 4.90 Å². The van der Waals surface area contributed by atoms with Crippen molar-refractivity contribution in [2.45, 2.75) is 46.0 Å². The van der Waals surface area contributed by atoms with Crippen LogP contribution >= 0.6 is 0 Å². The molecule has 0 bridgehead atoms. The normalized spacial score (nSPS) is 26.4. The average Bonchev–Trinajstić information content (AvgIpc) is 2.16. The Labute approximate surface area is 93.9 Å². The van der Waals surface area contributed by atoms with Gasteiger partial charge in [0.1, 0.15) is 0 Å². The molecule has 0 saturated carbocycles. The van der Waals surface area contributed by atoms with E-state index in [0.717, 1.165) is 6.42 Å². The summed E-state index contributed by atoms with van der Waals surface area (Å²) in [4.78, 5) is 2.58. The van der Waals surface area contributed by atoms with Gasteiger partial charge in [0.05, 0.1) is 0 Å². The molecule has 0 aromatic rings. The third kappa shape index (κ3) is 2.64. The van der Waals surface area contributed by atoms with E-state index < -0.39 is 0 Å². The van der Waals surface area contributed by atoms with Gasteiger partial charge >= 0.3 is 0 Å². The Morgan fingerprint density at radius 2 is 1.80 bits per heavy atom. The molecule has 1 saturated heterocycles. The Bertz CT molecular complexity index is 280. The van der Waals surface area contributed by atoms with Crippen molar-refractivity contribution in [2.24, 2.45) is 5.41 Å². The van der Waals surface area contributed by atoms with Gasteiger partial charge in [-0.05, 0) is 43.6 Å². The minimum absolute atomic E-state index is 0.415. The van der Waals surface area contributed by atoms with E-state index in [9.17, 15) is 0 Å². The summed E-state index contributed by atoms with van der Waals surface area (Å²) in [6, 6.07) is 0. The van der Waals surface area contributed by atoms with Gasteiger partial charge in [0.15, 0.2) is 0 Å². The van der Waals surface area contributed by atoms with Crippen LogP contribution in [0, 0.1) is 5.41 Å². The summed E-state index contributed by atoms with van der Waals surface area (Å²) in [5, 5.41) is 0. The topological polar surface area (TPSA) is 3.24 Å². The lowest BCUT2D eigenvalue weighted by atomic mass is 9.77. The number of likely N-dealkylation sites (tertiary alicyclic amines) is 1. The van der Waals surface area contributed by atoms with Crippen molar-refractivity contribution in [2.75, 3.05) is 13.1 Å². The van der Waals surface area contributed by atoms with Crippen molar-refractivity contribution in [3.05, 3.63) is 23.9 Å². The Hall–Kier alpha value is -0.720. The van der Waals surface area contributed by atoms with Gasteiger partial charge in [-0.3, -0.25) is 0 Å². The quantitative estimate of drug-likeness (QED) is 0.630. The molecule has 0 atom stereocenters. The summed E-state index contributed by atoms with van der Waals surface area (Å²) in [6.45, 7) is 11.4. The summed E-state index contributed by atoms with van der Waals surface area (Å²) >= 11 is 0. The highest BCUT2D eigenvalue weighted by Crippen LogP contribution is 2.38. The second-order valence-corrected chi connectivity index (χ2v) is 5.86. The van der Waals surface area contributed by atoms with Gasteiger partial charge in [-0.25, -0.2) is 0 Å². The summed E-state index contributed by atoms with van der Waals surface area (Å²) in [7, 11) is 0. The van der Waals surface area contributed by atoms with E-state index in [2.05, 4.69) is 31.4 Å². The van der Waals surface area contributed by atoms with Crippen LogP contribution in [0.3, 0.4) is 0 Å². The smallest absolute Gasteiger partial charge is 0.0175 e. The Morgan fingerprint density at radius 1 is 1.13 bits per heavy atom. The zero-order valence-corrected chi connectivity index (χ0v) is 10.2. The zero-order chi connectivity index (χ0) is 10.9. The van der Waals surface area contributed by atoms with Crippen molar-refractivity contribution in [3.63, 3.8) is 0 Å². The molecular weight excluding hydrogens is 182 g/mol. The molecule has 0 radical (unpaired) electrons. The average molecular weight is 205 g/mol. The zero-order valence-electron chi connectivity index (χ0n) is 10.2. The number of nitrogens with zero attached hydrogens (tertiary/aromatic N) is 1. The number of piperidine rings is 1. The van der Waals surface area contributed by atoms with Gasteiger partial charge in [0, 0.05) is 18.8 Å². The van der Waals surface area contributed by atoms with Gasteiger partial charge in [0.2, 0.25) is 0 Å². The van der Waals surface area contributed by atoms with Crippen LogP contribution in [0.5, 0.6) is 0 Å². The lowest BCUT2D eigenvalue weighted by molar-refractivity contribution is 0.234. The second-order valence-electron chi connectivity index (χ2n) is 5.86. The molecule has 0 aromatic heterocycles. The van der Waals surface area contributed by atoms with Crippen LogP contribution in [0.1, 0.15) is 46.0 Å². The van der Waals surface area contributed by atoms with Crippen LogP contribution in [0.25, 0.3) is 0 Å². The molecule has 1 aliphatic carbocycles. The lowest BCUT2D eigenvalue weighted by Crippen LogP contribution is -2.33. The third-order valence-electron chi connectivity index (χ3n) is 3.50. The second kappa shape index (κ2) is 4.03. The predicted octanol–water partition coefficient (Wildman–Crippen LogP) is 3.73. The summed E-state index contributed by atoms with van der Waals surface area (Å²) in [6.07, 6.45) is 8.86. The molecule has 0 spiro atoms. The lowest BCUT2D eigenvalue weighted by Gasteiger charge is -2.38. The first kappa shape index (κ1) is 10.8. The van der Waals surface area contributed by atoms with E-state index in [0.29, 0.717) is 5.41 Å². The first-order valence-electron chi connectivity index (χ1n) is 6.20. The summed E-state index contributed by atoms with van der Waals surface area (Å²) < 4.78 is 0. The predicted molar refractivity (Wildman–Crippen MR) is 65.7 cm³/mol. The van der Waals surface area contributed by atoms with Gasteiger partial charge in [-0.1, -0.05) is 26.0 Å². The van der Waals surface area contributed by atoms with E-state index in [1.54, 1.807) is 0 Å². The van der Waals surface area contributed by atoms with Crippen LogP contribution in [-0.2, 0) is 0 Å². The first-order valence-corrected chi connectivity index (χ1v) is 6.20. The van der Waals surface area contributed by atoms with Crippen LogP contribution in [0.2, 0.25) is 0 Å². The number of hydrogen-bond acceptors (Lipinski definition) is 1. The molecule has 1 heteroatoms. The maximum absolute atomic E-state index is 4.15. The molecule has 84 valence electrons. The molecule has 1 fully saturated rings. The van der Waals surface area contributed by atoms with Gasteiger partial charge in [0.25, 0.3) is 0 Å². The minimum atomic E-state index is 0.415. The molecule has 1 heterocycles. The standard InChI is InChI=1S/C14H23N/c1-12-9-13(11-14(2,3)10-12)15-7-5-4-6-8-15/h9H,1,4-8,10-11H2,2-3H3. The fourth-order valence-electron chi connectivity index (χ4n) is 2.89. The molecule has 0 unspecified atom stereocenters. The van der Waals surface area contributed by atoms with E-state index in [1.165, 1.54) is 50.0 Å². The van der Waals surface area contributed by atoms with Crippen LogP contribution in [-0.4, -0.2) is 18.0 Å². The largest absolute Gasteiger partial charge is 0.375 e. The maximum Gasteiger partial charge on any atom is 0.0175 e. The Kier molecular flexibility index (Phi) is 2.90. The molecule has 2 rings (SSSR count). The molecule has 15 heavy (non-hydrogen) atoms. The summed E-state index contributed by atoms with van der Waals surface area (Å²) in [5.74, 6) is 0. The fraction of sp³-hybridized carbons (Fsp3) is 0.714. The van der Waals surface area contributed by atoms with E-state index >= 15 is 0 Å². The third-order valence-corrected chi connectivity index (χ3v) is 3.50. The molecule has 1 aliphatic heterocycles.